The van der Waals surface area contributed by atoms with E-state index in [1.54, 1.807) is 50.4 Å². The Hall–Kier alpha value is -3.13. The van der Waals surface area contributed by atoms with Gasteiger partial charge in [0, 0.05) is 13.6 Å². The molecule has 1 aliphatic heterocycles. The number of carbonyl (C=O) groups excluding carboxylic acids is 2. The van der Waals surface area contributed by atoms with Crippen molar-refractivity contribution in [1.82, 2.24) is 10.2 Å². The fraction of sp³-hybridized carbons (Fsp3) is 0.318. The zero-order chi connectivity index (χ0) is 21.7. The largest absolute Gasteiger partial charge is 0.497 e. The van der Waals surface area contributed by atoms with Crippen molar-refractivity contribution in [3.63, 3.8) is 0 Å². The van der Waals surface area contributed by atoms with Crippen LogP contribution >= 0.6 is 12.2 Å². The quantitative estimate of drug-likeness (QED) is 0.537. The van der Waals surface area contributed by atoms with Crippen molar-refractivity contribution in [3.05, 3.63) is 54.1 Å². The van der Waals surface area contributed by atoms with Crippen LogP contribution in [0.5, 0.6) is 11.5 Å². The number of rotatable bonds is 7. The molecular weight excluding hydrogens is 402 g/mol. The van der Waals surface area contributed by atoms with E-state index >= 15 is 0 Å². The number of benzene rings is 2. The summed E-state index contributed by atoms with van der Waals surface area (Å²) in [4.78, 5) is 28.9. The van der Waals surface area contributed by atoms with Crippen molar-refractivity contribution in [2.45, 2.75) is 18.9 Å². The molecule has 1 saturated heterocycles. The second-order valence-electron chi connectivity index (χ2n) is 6.83. The number of nitrogens with zero attached hydrogens (tertiary/aromatic N) is 2. The minimum Gasteiger partial charge on any atom is -0.497 e. The summed E-state index contributed by atoms with van der Waals surface area (Å²) >= 11 is 5.44. The predicted octanol–water partition coefficient (Wildman–Crippen LogP) is 2.38. The molecule has 0 saturated carbocycles. The van der Waals surface area contributed by atoms with Crippen LogP contribution in [0, 0.1) is 0 Å². The van der Waals surface area contributed by atoms with Gasteiger partial charge in [0.25, 0.3) is 5.91 Å². The first kappa shape index (κ1) is 21.6. The number of nitrogens with one attached hydrogen (secondary N) is 1. The van der Waals surface area contributed by atoms with Crippen LogP contribution in [0.15, 0.2) is 48.5 Å². The van der Waals surface area contributed by atoms with Gasteiger partial charge in [0.1, 0.15) is 17.5 Å². The molecule has 1 aliphatic rings. The van der Waals surface area contributed by atoms with E-state index in [-0.39, 0.29) is 18.2 Å². The third-order valence-corrected chi connectivity index (χ3v) is 5.54. The summed E-state index contributed by atoms with van der Waals surface area (Å²) in [7, 11) is 4.90. The lowest BCUT2D eigenvalue weighted by Crippen LogP contribution is -2.49. The molecule has 0 aromatic heterocycles. The number of hydrogen-bond donors (Lipinski definition) is 1. The fourth-order valence-corrected chi connectivity index (χ4v) is 3.66. The van der Waals surface area contributed by atoms with Crippen LogP contribution in [-0.4, -0.2) is 55.7 Å². The van der Waals surface area contributed by atoms with Gasteiger partial charge in [-0.15, -0.1) is 0 Å². The molecule has 8 heteroatoms. The maximum Gasteiger partial charge on any atom is 0.257 e. The number of anilines is 1. The SMILES string of the molecule is CNC(=S)N(CCc1ccc(OC)cc1)[C@@H]1CC(=O)N(c2ccc(OC)cc2)C1=O. The lowest BCUT2D eigenvalue weighted by Gasteiger charge is -2.29. The van der Waals surface area contributed by atoms with Gasteiger partial charge in [0.05, 0.1) is 26.3 Å². The van der Waals surface area contributed by atoms with Crippen LogP contribution < -0.4 is 19.7 Å². The predicted molar refractivity (Wildman–Crippen MR) is 119 cm³/mol. The van der Waals surface area contributed by atoms with Crippen LogP contribution in [0.2, 0.25) is 0 Å². The van der Waals surface area contributed by atoms with Gasteiger partial charge in [-0.05, 0) is 60.6 Å². The molecule has 0 bridgehead atoms. The highest BCUT2D eigenvalue weighted by atomic mass is 32.1. The van der Waals surface area contributed by atoms with Crippen LogP contribution in [0.25, 0.3) is 0 Å². The summed E-state index contributed by atoms with van der Waals surface area (Å²) in [5.41, 5.74) is 1.61. The zero-order valence-corrected chi connectivity index (χ0v) is 18.1. The molecule has 2 amide bonds. The lowest BCUT2D eigenvalue weighted by atomic mass is 10.1. The Morgan fingerprint density at radius 2 is 1.63 bits per heavy atom. The highest BCUT2D eigenvalue weighted by Crippen LogP contribution is 2.27. The number of ether oxygens (including phenoxy) is 2. The first-order valence-corrected chi connectivity index (χ1v) is 10.0. The third-order valence-electron chi connectivity index (χ3n) is 5.10. The fourth-order valence-electron chi connectivity index (χ4n) is 3.45. The van der Waals surface area contributed by atoms with E-state index in [9.17, 15) is 9.59 Å². The van der Waals surface area contributed by atoms with E-state index in [0.717, 1.165) is 11.3 Å². The molecule has 158 valence electrons. The Morgan fingerprint density at radius 1 is 1.07 bits per heavy atom. The zero-order valence-electron chi connectivity index (χ0n) is 17.3. The molecule has 7 nitrogen and oxygen atoms in total. The third kappa shape index (κ3) is 4.54. The summed E-state index contributed by atoms with van der Waals surface area (Å²) in [5, 5.41) is 3.38. The topological polar surface area (TPSA) is 71.1 Å². The van der Waals surface area contributed by atoms with E-state index in [1.807, 2.05) is 24.3 Å². The van der Waals surface area contributed by atoms with Gasteiger partial charge < -0.3 is 19.7 Å². The van der Waals surface area contributed by atoms with Crippen molar-refractivity contribution >= 4 is 34.8 Å². The monoisotopic (exact) mass is 427 g/mol. The van der Waals surface area contributed by atoms with Crippen LogP contribution in [0.4, 0.5) is 5.69 Å². The van der Waals surface area contributed by atoms with Gasteiger partial charge >= 0.3 is 0 Å². The first-order chi connectivity index (χ1) is 14.5. The molecule has 2 aromatic carbocycles. The Bertz CT molecular complexity index is 915. The van der Waals surface area contributed by atoms with Gasteiger partial charge in [0.2, 0.25) is 5.91 Å². The summed E-state index contributed by atoms with van der Waals surface area (Å²) < 4.78 is 10.3. The standard InChI is InChI=1S/C22H25N3O4S/c1-23-22(30)24(13-12-15-4-8-17(28-2)9-5-15)19-14-20(26)25(21(19)27)16-6-10-18(29-3)11-7-16/h4-11,19H,12-14H2,1-3H3,(H,23,30)/t19-/m1/s1. The van der Waals surface area contributed by atoms with Crippen molar-refractivity contribution in [2.75, 3.05) is 32.7 Å². The van der Waals surface area contributed by atoms with Gasteiger partial charge in [-0.1, -0.05) is 12.1 Å². The van der Waals surface area contributed by atoms with Crippen LogP contribution in [0.3, 0.4) is 0 Å². The van der Waals surface area contributed by atoms with Gasteiger partial charge in [-0.3, -0.25) is 9.59 Å². The van der Waals surface area contributed by atoms with Crippen LogP contribution in [0.1, 0.15) is 12.0 Å². The number of carbonyl (C=O) groups is 2. The first-order valence-electron chi connectivity index (χ1n) is 9.60. The molecule has 1 atom stereocenters. The number of methoxy groups -OCH3 is 2. The Balaban J connectivity index is 1.77. The Morgan fingerprint density at radius 3 is 2.17 bits per heavy atom. The van der Waals surface area contributed by atoms with Crippen molar-refractivity contribution in [1.29, 1.82) is 0 Å². The van der Waals surface area contributed by atoms with Gasteiger partial charge in [0.15, 0.2) is 5.11 Å². The van der Waals surface area contributed by atoms with Gasteiger partial charge in [-0.25, -0.2) is 4.90 Å². The van der Waals surface area contributed by atoms with Crippen LogP contribution in [-0.2, 0) is 16.0 Å². The Kier molecular flexibility index (Phi) is 6.89. The molecule has 0 aliphatic carbocycles. The van der Waals surface area contributed by atoms with Crippen molar-refractivity contribution in [3.8, 4) is 11.5 Å². The number of thiocarbonyl (C=S) groups is 1. The number of hydrogen-bond acceptors (Lipinski definition) is 5. The average molecular weight is 428 g/mol. The van der Waals surface area contributed by atoms with E-state index in [2.05, 4.69) is 5.32 Å². The molecule has 30 heavy (non-hydrogen) atoms. The van der Waals surface area contributed by atoms with E-state index in [0.29, 0.717) is 29.5 Å². The minimum atomic E-state index is -0.641. The molecule has 0 spiro atoms. The molecule has 1 heterocycles. The molecule has 1 N–H and O–H groups in total. The summed E-state index contributed by atoms with van der Waals surface area (Å²) in [6.45, 7) is 0.506. The number of amides is 2. The summed E-state index contributed by atoms with van der Waals surface area (Å²) in [6, 6.07) is 14.0. The number of imide groups is 1. The highest BCUT2D eigenvalue weighted by molar-refractivity contribution is 7.80. The molecular formula is C22H25N3O4S. The molecule has 0 unspecified atom stereocenters. The Labute approximate surface area is 181 Å². The van der Waals surface area contributed by atoms with Crippen molar-refractivity contribution in [2.24, 2.45) is 0 Å². The molecule has 1 fully saturated rings. The summed E-state index contributed by atoms with van der Waals surface area (Å²) in [6.07, 6.45) is 0.752. The maximum absolute atomic E-state index is 13.2. The molecule has 3 rings (SSSR count). The van der Waals surface area contributed by atoms with Crippen molar-refractivity contribution < 1.29 is 19.1 Å². The van der Waals surface area contributed by atoms with E-state index in [4.69, 9.17) is 21.7 Å². The molecule has 2 aromatic rings. The van der Waals surface area contributed by atoms with E-state index in [1.165, 1.54) is 4.90 Å². The second kappa shape index (κ2) is 9.58. The highest BCUT2D eigenvalue weighted by Gasteiger charge is 2.43. The second-order valence-corrected chi connectivity index (χ2v) is 7.22. The maximum atomic E-state index is 13.2. The normalized spacial score (nSPS) is 15.8. The smallest absolute Gasteiger partial charge is 0.257 e. The summed E-state index contributed by atoms with van der Waals surface area (Å²) in [5.74, 6) is 0.918. The lowest BCUT2D eigenvalue weighted by molar-refractivity contribution is -0.122. The average Bonchev–Trinajstić information content (AvgIpc) is 3.07. The minimum absolute atomic E-state index is 0.0787. The molecule has 0 radical (unpaired) electrons. The van der Waals surface area contributed by atoms with E-state index < -0.39 is 6.04 Å². The van der Waals surface area contributed by atoms with Gasteiger partial charge in [-0.2, -0.15) is 0 Å².